The van der Waals surface area contributed by atoms with Crippen molar-refractivity contribution in [2.45, 2.75) is 6.04 Å². The van der Waals surface area contributed by atoms with E-state index in [0.29, 0.717) is 5.82 Å². The first kappa shape index (κ1) is 12.1. The molecule has 1 aliphatic heterocycles. The van der Waals surface area contributed by atoms with Gasteiger partial charge in [0.15, 0.2) is 0 Å². The standard InChI is InChI=1S/C9H8Cl2N4O2/c10-6-1-7(14-9(11)13-6)15-3-8(17)12-2-5(15)4-16/h1,4-5H,2-3H2,(H,12,17). The van der Waals surface area contributed by atoms with E-state index in [0.717, 1.165) is 6.29 Å². The van der Waals surface area contributed by atoms with Gasteiger partial charge in [0.2, 0.25) is 11.2 Å². The number of aromatic nitrogens is 2. The average molecular weight is 275 g/mol. The van der Waals surface area contributed by atoms with E-state index in [2.05, 4.69) is 15.3 Å². The molecule has 8 heteroatoms. The molecule has 2 rings (SSSR count). The van der Waals surface area contributed by atoms with Gasteiger partial charge in [-0.2, -0.15) is 0 Å². The zero-order valence-corrected chi connectivity index (χ0v) is 10.1. The highest BCUT2D eigenvalue weighted by Gasteiger charge is 2.27. The molecule has 0 aliphatic carbocycles. The molecule has 1 amide bonds. The number of hydrogen-bond acceptors (Lipinski definition) is 5. The van der Waals surface area contributed by atoms with Crippen LogP contribution in [0.25, 0.3) is 0 Å². The molecule has 17 heavy (non-hydrogen) atoms. The molecule has 0 saturated carbocycles. The Kier molecular flexibility index (Phi) is 3.44. The highest BCUT2D eigenvalue weighted by molar-refractivity contribution is 6.32. The van der Waals surface area contributed by atoms with Gasteiger partial charge in [0.05, 0.1) is 6.54 Å². The van der Waals surface area contributed by atoms with Crippen molar-refractivity contribution >= 4 is 41.2 Å². The van der Waals surface area contributed by atoms with Crippen molar-refractivity contribution in [3.63, 3.8) is 0 Å². The molecule has 1 fully saturated rings. The Morgan fingerprint density at radius 1 is 1.47 bits per heavy atom. The number of carbonyl (C=O) groups excluding carboxylic acids is 2. The lowest BCUT2D eigenvalue weighted by molar-refractivity contribution is -0.121. The van der Waals surface area contributed by atoms with Gasteiger partial charge >= 0.3 is 0 Å². The molecule has 0 radical (unpaired) electrons. The van der Waals surface area contributed by atoms with Crippen molar-refractivity contribution in [1.29, 1.82) is 0 Å². The van der Waals surface area contributed by atoms with E-state index in [9.17, 15) is 9.59 Å². The number of anilines is 1. The number of carbonyl (C=O) groups is 2. The van der Waals surface area contributed by atoms with Gasteiger partial charge in [0.1, 0.15) is 23.3 Å². The van der Waals surface area contributed by atoms with Gasteiger partial charge in [0.25, 0.3) is 0 Å². The summed E-state index contributed by atoms with van der Waals surface area (Å²) in [6.07, 6.45) is 0.739. The summed E-state index contributed by atoms with van der Waals surface area (Å²) in [6, 6.07) is 0.984. The average Bonchev–Trinajstić information content (AvgIpc) is 2.27. The fraction of sp³-hybridized carbons (Fsp3) is 0.333. The van der Waals surface area contributed by atoms with Crippen LogP contribution < -0.4 is 10.2 Å². The molecule has 0 spiro atoms. The van der Waals surface area contributed by atoms with Gasteiger partial charge in [0, 0.05) is 12.6 Å². The fourth-order valence-corrected chi connectivity index (χ4v) is 1.95. The largest absolute Gasteiger partial charge is 0.352 e. The normalized spacial score (nSPS) is 20.0. The summed E-state index contributed by atoms with van der Waals surface area (Å²) in [6.45, 7) is 0.272. The summed E-state index contributed by atoms with van der Waals surface area (Å²) in [5, 5.41) is 2.73. The Morgan fingerprint density at radius 3 is 2.88 bits per heavy atom. The molecular formula is C9H8Cl2N4O2. The number of rotatable bonds is 2. The lowest BCUT2D eigenvalue weighted by Gasteiger charge is -2.32. The van der Waals surface area contributed by atoms with Crippen LogP contribution in [0.15, 0.2) is 6.07 Å². The lowest BCUT2D eigenvalue weighted by atomic mass is 10.2. The van der Waals surface area contributed by atoms with Gasteiger partial charge in [-0.1, -0.05) is 11.6 Å². The second-order valence-corrected chi connectivity index (χ2v) is 4.18. The summed E-state index contributed by atoms with van der Waals surface area (Å²) >= 11 is 11.4. The maximum Gasteiger partial charge on any atom is 0.239 e. The molecule has 0 aromatic carbocycles. The van der Waals surface area contributed by atoms with Crippen LogP contribution in [-0.4, -0.2) is 41.3 Å². The first-order valence-corrected chi connectivity index (χ1v) is 5.54. The summed E-state index contributed by atoms with van der Waals surface area (Å²) in [5.41, 5.74) is 0. The van der Waals surface area contributed by atoms with Crippen LogP contribution in [0.3, 0.4) is 0 Å². The number of nitrogens with one attached hydrogen (secondary N) is 1. The molecule has 1 aromatic rings. The molecule has 1 aliphatic rings. The first-order chi connectivity index (χ1) is 8.10. The van der Waals surface area contributed by atoms with Crippen LogP contribution in [0.5, 0.6) is 0 Å². The van der Waals surface area contributed by atoms with Gasteiger partial charge in [-0.3, -0.25) is 4.79 Å². The molecule has 1 N–H and O–H groups in total. The molecule has 90 valence electrons. The van der Waals surface area contributed by atoms with E-state index in [1.807, 2.05) is 0 Å². The number of hydrogen-bond donors (Lipinski definition) is 1. The minimum Gasteiger partial charge on any atom is -0.352 e. The third-order valence-corrected chi connectivity index (χ3v) is 2.69. The summed E-state index contributed by atoms with van der Waals surface area (Å²) in [4.78, 5) is 31.4. The Balaban J connectivity index is 2.34. The van der Waals surface area contributed by atoms with Gasteiger partial charge in [-0.15, -0.1) is 0 Å². The van der Waals surface area contributed by atoms with Crippen LogP contribution >= 0.6 is 23.2 Å². The van der Waals surface area contributed by atoms with Crippen LogP contribution in [0.4, 0.5) is 5.82 Å². The third-order valence-electron chi connectivity index (χ3n) is 2.33. The number of halogens is 2. The second kappa shape index (κ2) is 4.85. The third kappa shape index (κ3) is 2.65. The monoisotopic (exact) mass is 274 g/mol. The maximum atomic E-state index is 11.3. The van der Waals surface area contributed by atoms with Crippen molar-refractivity contribution in [1.82, 2.24) is 15.3 Å². The van der Waals surface area contributed by atoms with E-state index in [1.54, 1.807) is 0 Å². The smallest absolute Gasteiger partial charge is 0.239 e. The zero-order chi connectivity index (χ0) is 12.4. The summed E-state index contributed by atoms with van der Waals surface area (Å²) < 4.78 is 0. The van der Waals surface area contributed by atoms with Crippen molar-refractivity contribution in [2.75, 3.05) is 18.0 Å². The molecule has 6 nitrogen and oxygen atoms in total. The predicted octanol–water partition coefficient (Wildman–Crippen LogP) is 0.287. The predicted molar refractivity (Wildman–Crippen MR) is 62.3 cm³/mol. The summed E-state index contributed by atoms with van der Waals surface area (Å²) in [5.74, 6) is 0.177. The quantitative estimate of drug-likeness (QED) is 0.477. The Morgan fingerprint density at radius 2 is 2.24 bits per heavy atom. The number of nitrogens with zero attached hydrogens (tertiary/aromatic N) is 3. The fourth-order valence-electron chi connectivity index (χ4n) is 1.55. The highest BCUT2D eigenvalue weighted by Crippen LogP contribution is 2.20. The SMILES string of the molecule is O=CC1CNC(=O)CN1c1cc(Cl)nc(Cl)n1. The van der Waals surface area contributed by atoms with Crippen molar-refractivity contribution in [3.05, 3.63) is 16.5 Å². The van der Waals surface area contributed by atoms with Crippen LogP contribution in [-0.2, 0) is 9.59 Å². The number of aldehydes is 1. The van der Waals surface area contributed by atoms with Crippen molar-refractivity contribution in [2.24, 2.45) is 0 Å². The van der Waals surface area contributed by atoms with E-state index >= 15 is 0 Å². The van der Waals surface area contributed by atoms with Gasteiger partial charge in [-0.05, 0) is 11.6 Å². The first-order valence-electron chi connectivity index (χ1n) is 4.79. The van der Waals surface area contributed by atoms with E-state index in [-0.39, 0.29) is 29.4 Å². The van der Waals surface area contributed by atoms with Crippen LogP contribution in [0.1, 0.15) is 0 Å². The molecule has 0 bridgehead atoms. The minimum absolute atomic E-state index is 0.0249. The molecule has 1 unspecified atom stereocenters. The van der Waals surface area contributed by atoms with Crippen LogP contribution in [0, 0.1) is 0 Å². The van der Waals surface area contributed by atoms with E-state index in [4.69, 9.17) is 23.2 Å². The van der Waals surface area contributed by atoms with Gasteiger partial charge in [-0.25, -0.2) is 9.97 Å². The Labute approximate surface area is 107 Å². The Hall–Kier alpha value is -1.40. The minimum atomic E-state index is -0.477. The van der Waals surface area contributed by atoms with E-state index < -0.39 is 6.04 Å². The van der Waals surface area contributed by atoms with Crippen molar-refractivity contribution in [3.8, 4) is 0 Å². The van der Waals surface area contributed by atoms with Crippen molar-refractivity contribution < 1.29 is 9.59 Å². The zero-order valence-electron chi connectivity index (χ0n) is 8.56. The molecule has 1 aromatic heterocycles. The highest BCUT2D eigenvalue weighted by atomic mass is 35.5. The van der Waals surface area contributed by atoms with E-state index in [1.165, 1.54) is 11.0 Å². The number of amides is 1. The van der Waals surface area contributed by atoms with Crippen LogP contribution in [0.2, 0.25) is 10.4 Å². The molecule has 2 heterocycles. The lowest BCUT2D eigenvalue weighted by Crippen LogP contribution is -2.55. The maximum absolute atomic E-state index is 11.3. The topological polar surface area (TPSA) is 75.2 Å². The molecule has 1 atom stereocenters. The second-order valence-electron chi connectivity index (χ2n) is 3.45. The molecule has 1 saturated heterocycles. The van der Waals surface area contributed by atoms with Gasteiger partial charge < -0.3 is 15.0 Å². The number of piperazine rings is 1. The molecular weight excluding hydrogens is 267 g/mol. The summed E-state index contributed by atoms with van der Waals surface area (Å²) in [7, 11) is 0. The Bertz CT molecular complexity index is 448.